The number of benzene rings is 2. The van der Waals surface area contributed by atoms with Crippen molar-refractivity contribution in [1.82, 2.24) is 4.90 Å². The Hall–Kier alpha value is -3.48. The highest BCUT2D eigenvalue weighted by Crippen LogP contribution is 2.22. The predicted octanol–water partition coefficient (Wildman–Crippen LogP) is 2.42. The fourth-order valence-corrected chi connectivity index (χ4v) is 2.87. The molecule has 1 heterocycles. The Bertz CT molecular complexity index is 901. The van der Waals surface area contributed by atoms with Crippen LogP contribution in [0.3, 0.4) is 0 Å². The van der Waals surface area contributed by atoms with Gasteiger partial charge in [0.05, 0.1) is 11.1 Å². The summed E-state index contributed by atoms with van der Waals surface area (Å²) in [6, 6.07) is 13.7. The summed E-state index contributed by atoms with van der Waals surface area (Å²) in [5, 5.41) is 2.66. The fourth-order valence-electron chi connectivity index (χ4n) is 2.87. The molecule has 0 saturated heterocycles. The number of carbonyl (C=O) groups excluding carboxylic acids is 4. The fraction of sp³-hybridized carbons (Fsp3) is 0.238. The van der Waals surface area contributed by atoms with Gasteiger partial charge in [0, 0.05) is 5.69 Å². The first kappa shape index (κ1) is 19.3. The average Bonchev–Trinajstić information content (AvgIpc) is 2.93. The van der Waals surface area contributed by atoms with Crippen molar-refractivity contribution >= 4 is 29.4 Å². The number of amides is 3. The molecule has 0 fully saturated rings. The summed E-state index contributed by atoms with van der Waals surface area (Å²) < 4.78 is 5.09. The molecule has 0 aliphatic carbocycles. The van der Waals surface area contributed by atoms with Crippen molar-refractivity contribution in [2.24, 2.45) is 0 Å². The van der Waals surface area contributed by atoms with Crippen molar-refractivity contribution in [3.05, 3.63) is 65.2 Å². The first-order chi connectivity index (χ1) is 13.4. The van der Waals surface area contributed by atoms with Gasteiger partial charge in [0.1, 0.15) is 6.54 Å². The van der Waals surface area contributed by atoms with Crippen LogP contribution in [0.25, 0.3) is 0 Å². The lowest BCUT2D eigenvalue weighted by Crippen LogP contribution is -2.38. The molecule has 3 rings (SSSR count). The smallest absolute Gasteiger partial charge is 0.326 e. The van der Waals surface area contributed by atoms with Gasteiger partial charge in [-0.25, -0.2) is 0 Å². The molecule has 1 aliphatic rings. The molecule has 1 aliphatic heterocycles. The lowest BCUT2D eigenvalue weighted by Gasteiger charge is -2.17. The molecule has 0 bridgehead atoms. The monoisotopic (exact) mass is 380 g/mol. The van der Waals surface area contributed by atoms with Crippen molar-refractivity contribution in [3.63, 3.8) is 0 Å². The highest BCUT2D eigenvalue weighted by atomic mass is 16.5. The lowest BCUT2D eigenvalue weighted by atomic mass is 10.1. The van der Waals surface area contributed by atoms with E-state index in [4.69, 9.17) is 4.74 Å². The van der Waals surface area contributed by atoms with Crippen molar-refractivity contribution in [2.75, 3.05) is 11.9 Å². The third-order valence-corrected chi connectivity index (χ3v) is 4.47. The van der Waals surface area contributed by atoms with Crippen molar-refractivity contribution in [3.8, 4) is 0 Å². The van der Waals surface area contributed by atoms with Crippen LogP contribution < -0.4 is 5.32 Å². The lowest BCUT2D eigenvalue weighted by molar-refractivity contribution is -0.153. The van der Waals surface area contributed by atoms with Crippen LogP contribution in [0.2, 0.25) is 0 Å². The van der Waals surface area contributed by atoms with Crippen LogP contribution in [0.1, 0.15) is 40.1 Å². The van der Waals surface area contributed by atoms with Crippen LogP contribution in [0.15, 0.2) is 48.5 Å². The van der Waals surface area contributed by atoms with Gasteiger partial charge in [0.2, 0.25) is 0 Å². The summed E-state index contributed by atoms with van der Waals surface area (Å²) in [5.41, 5.74) is 2.23. The van der Waals surface area contributed by atoms with E-state index in [2.05, 4.69) is 5.32 Å². The molecular formula is C21H20N2O5. The first-order valence-electron chi connectivity index (χ1n) is 8.95. The normalized spacial score (nSPS) is 13.9. The Morgan fingerprint density at radius 3 is 2.11 bits per heavy atom. The molecule has 0 radical (unpaired) electrons. The molecule has 7 heteroatoms. The summed E-state index contributed by atoms with van der Waals surface area (Å²) in [6.45, 7) is 2.91. The van der Waals surface area contributed by atoms with Gasteiger partial charge in [-0.3, -0.25) is 24.1 Å². The second kappa shape index (κ2) is 8.04. The number of carbonyl (C=O) groups is 4. The number of esters is 1. The number of hydrogen-bond acceptors (Lipinski definition) is 5. The van der Waals surface area contributed by atoms with Crippen molar-refractivity contribution < 1.29 is 23.9 Å². The minimum atomic E-state index is -1.08. The van der Waals surface area contributed by atoms with E-state index in [0.29, 0.717) is 5.69 Å². The maximum atomic E-state index is 12.3. The standard InChI is InChI=1S/C21H20N2O5/c1-3-14-8-10-15(11-9-14)22-19(25)13(2)28-18(24)12-23-20(26)16-6-4-5-7-17(16)21(23)27/h4-11,13H,3,12H2,1-2H3,(H,22,25)/t13-/m1/s1. The van der Waals surface area contributed by atoms with Crippen molar-refractivity contribution in [2.45, 2.75) is 26.4 Å². The summed E-state index contributed by atoms with van der Waals surface area (Å²) in [4.78, 5) is 49.7. The largest absolute Gasteiger partial charge is 0.451 e. The molecule has 7 nitrogen and oxygen atoms in total. The van der Waals surface area contributed by atoms with Gasteiger partial charge in [-0.15, -0.1) is 0 Å². The number of aryl methyl sites for hydroxylation is 1. The number of anilines is 1. The number of rotatable bonds is 6. The van der Waals surface area contributed by atoms with Crippen LogP contribution in [0.4, 0.5) is 5.69 Å². The average molecular weight is 380 g/mol. The molecular weight excluding hydrogens is 360 g/mol. The molecule has 0 spiro atoms. The van der Waals surface area contributed by atoms with E-state index in [9.17, 15) is 19.2 Å². The number of ether oxygens (including phenoxy) is 1. The topological polar surface area (TPSA) is 92.8 Å². The second-order valence-electron chi connectivity index (χ2n) is 6.41. The molecule has 144 valence electrons. The van der Waals surface area contributed by atoms with E-state index in [1.807, 2.05) is 19.1 Å². The molecule has 0 saturated carbocycles. The molecule has 1 N–H and O–H groups in total. The van der Waals surface area contributed by atoms with E-state index < -0.39 is 36.3 Å². The van der Waals surface area contributed by atoms with Crippen LogP contribution in [-0.4, -0.2) is 41.2 Å². The molecule has 2 aromatic rings. The Labute approximate surface area is 162 Å². The molecule has 0 aromatic heterocycles. The minimum Gasteiger partial charge on any atom is -0.451 e. The van der Waals surface area contributed by atoms with E-state index in [0.717, 1.165) is 16.9 Å². The highest BCUT2D eigenvalue weighted by molar-refractivity contribution is 6.22. The zero-order valence-electron chi connectivity index (χ0n) is 15.6. The Morgan fingerprint density at radius 1 is 1.00 bits per heavy atom. The van der Waals surface area contributed by atoms with Gasteiger partial charge in [-0.2, -0.15) is 0 Å². The number of imide groups is 1. The SMILES string of the molecule is CCc1ccc(NC(=O)[C@@H](C)OC(=O)CN2C(=O)c3ccccc3C2=O)cc1. The van der Waals surface area contributed by atoms with Crippen LogP contribution >= 0.6 is 0 Å². The minimum absolute atomic E-state index is 0.251. The first-order valence-corrected chi connectivity index (χ1v) is 8.95. The molecule has 3 amide bonds. The van der Waals surface area contributed by atoms with Gasteiger partial charge in [0.15, 0.2) is 6.10 Å². The predicted molar refractivity (Wildman–Crippen MR) is 102 cm³/mol. The third-order valence-electron chi connectivity index (χ3n) is 4.47. The Morgan fingerprint density at radius 2 is 1.57 bits per heavy atom. The van der Waals surface area contributed by atoms with Crippen LogP contribution in [0.5, 0.6) is 0 Å². The molecule has 2 aromatic carbocycles. The zero-order valence-corrected chi connectivity index (χ0v) is 15.6. The van der Waals surface area contributed by atoms with Crippen molar-refractivity contribution in [1.29, 1.82) is 0 Å². The van der Waals surface area contributed by atoms with E-state index in [-0.39, 0.29) is 11.1 Å². The van der Waals surface area contributed by atoms with E-state index >= 15 is 0 Å². The molecule has 1 atom stereocenters. The number of hydrogen-bond donors (Lipinski definition) is 1. The zero-order chi connectivity index (χ0) is 20.3. The summed E-state index contributed by atoms with van der Waals surface area (Å²) in [7, 11) is 0. The van der Waals surface area contributed by atoms with Gasteiger partial charge in [0.25, 0.3) is 17.7 Å². The number of fused-ring (bicyclic) bond motifs is 1. The summed E-state index contributed by atoms with van der Waals surface area (Å²) in [5.74, 6) is -2.44. The highest BCUT2D eigenvalue weighted by Gasteiger charge is 2.37. The molecule has 28 heavy (non-hydrogen) atoms. The Kier molecular flexibility index (Phi) is 5.54. The second-order valence-corrected chi connectivity index (χ2v) is 6.41. The third kappa shape index (κ3) is 3.93. The van der Waals surface area contributed by atoms with Crippen LogP contribution in [-0.2, 0) is 20.7 Å². The Balaban J connectivity index is 1.56. The maximum Gasteiger partial charge on any atom is 0.326 e. The summed E-state index contributed by atoms with van der Waals surface area (Å²) >= 11 is 0. The maximum absolute atomic E-state index is 12.3. The van der Waals surface area contributed by atoms with Crippen LogP contribution in [0, 0.1) is 0 Å². The molecule has 0 unspecified atom stereocenters. The quantitative estimate of drug-likeness (QED) is 0.614. The number of nitrogens with one attached hydrogen (secondary N) is 1. The van der Waals surface area contributed by atoms with E-state index in [1.54, 1.807) is 24.3 Å². The van der Waals surface area contributed by atoms with Gasteiger partial charge >= 0.3 is 5.97 Å². The number of nitrogens with zero attached hydrogens (tertiary/aromatic N) is 1. The van der Waals surface area contributed by atoms with E-state index in [1.165, 1.54) is 19.1 Å². The van der Waals surface area contributed by atoms with Gasteiger partial charge in [-0.1, -0.05) is 31.2 Å². The van der Waals surface area contributed by atoms with Gasteiger partial charge in [-0.05, 0) is 43.2 Å². The summed E-state index contributed by atoms with van der Waals surface area (Å²) in [6.07, 6.45) is -0.186. The van der Waals surface area contributed by atoms with Gasteiger partial charge < -0.3 is 10.1 Å².